The summed E-state index contributed by atoms with van der Waals surface area (Å²) in [6.45, 7) is 9.91. The maximum Gasteiger partial charge on any atom is 0.414 e. The van der Waals surface area contributed by atoms with Gasteiger partial charge in [0.25, 0.3) is 27.7 Å². The van der Waals surface area contributed by atoms with Crippen LogP contribution in [0, 0.1) is 5.92 Å². The third-order valence-corrected chi connectivity index (χ3v) is 6.56. The van der Waals surface area contributed by atoms with Crippen LogP contribution in [0.4, 0.5) is 4.79 Å². The minimum absolute atomic E-state index is 0.0555. The van der Waals surface area contributed by atoms with Gasteiger partial charge in [-0.15, -0.1) is 0 Å². The number of nitrogens with one attached hydrogen (secondary N) is 2. The summed E-state index contributed by atoms with van der Waals surface area (Å²) in [5.74, 6) is -2.25. The Morgan fingerprint density at radius 2 is 1.65 bits per heavy atom. The molecule has 40 heavy (non-hydrogen) atoms. The Morgan fingerprint density at radius 3 is 2.23 bits per heavy atom. The normalized spacial score (nSPS) is 10.9. The van der Waals surface area contributed by atoms with E-state index in [1.807, 2.05) is 32.4 Å². The molecule has 1 aromatic heterocycles. The molecule has 2 aromatic rings. The summed E-state index contributed by atoms with van der Waals surface area (Å²) in [5, 5.41) is 2.20. The van der Waals surface area contributed by atoms with E-state index in [9.17, 15) is 27.6 Å². The topological polar surface area (TPSA) is 170 Å². The van der Waals surface area contributed by atoms with Gasteiger partial charge in [-0.3, -0.25) is 14.4 Å². The highest BCUT2D eigenvalue weighted by Crippen LogP contribution is 2.26. The zero-order chi connectivity index (χ0) is 29.9. The molecule has 2 rings (SSSR count). The van der Waals surface area contributed by atoms with E-state index in [1.54, 1.807) is 11.8 Å². The summed E-state index contributed by atoms with van der Waals surface area (Å²) in [6, 6.07) is 6.39. The first-order valence-corrected chi connectivity index (χ1v) is 14.1. The molecular weight excluding hydrogens is 544 g/mol. The molecule has 0 radical (unpaired) electrons. The third kappa shape index (κ3) is 9.22. The molecule has 0 aliphatic rings. The van der Waals surface area contributed by atoms with Gasteiger partial charge in [0.1, 0.15) is 6.54 Å². The van der Waals surface area contributed by atoms with Crippen molar-refractivity contribution in [2.45, 2.75) is 39.5 Å². The van der Waals surface area contributed by atoms with E-state index in [0.717, 1.165) is 6.20 Å². The number of ether oxygens (including phenoxy) is 3. The number of rotatable bonds is 13. The van der Waals surface area contributed by atoms with Crippen molar-refractivity contribution in [2.75, 3.05) is 32.8 Å². The molecule has 0 saturated heterocycles. The summed E-state index contributed by atoms with van der Waals surface area (Å²) in [7, 11) is -4.30. The first kappa shape index (κ1) is 32.0. The summed E-state index contributed by atoms with van der Waals surface area (Å²) >= 11 is 0. The lowest BCUT2D eigenvalue weighted by molar-refractivity contribution is -0.141. The molecule has 0 bridgehead atoms. The molecule has 2 N–H and O–H groups in total. The van der Waals surface area contributed by atoms with Crippen LogP contribution in [0.2, 0.25) is 0 Å². The molecule has 14 heteroatoms. The predicted octanol–water partition coefficient (Wildman–Crippen LogP) is 2.37. The smallest absolute Gasteiger partial charge is 0.414 e. The second kappa shape index (κ2) is 14.8. The van der Waals surface area contributed by atoms with Crippen molar-refractivity contribution in [3.8, 4) is 11.6 Å². The van der Waals surface area contributed by atoms with E-state index in [0.29, 0.717) is 18.7 Å². The Balaban J connectivity index is 2.20. The van der Waals surface area contributed by atoms with Gasteiger partial charge in [0.2, 0.25) is 0 Å². The lowest BCUT2D eigenvalue weighted by Crippen LogP contribution is -2.33. The quantitative estimate of drug-likeness (QED) is 0.336. The number of benzene rings is 1. The van der Waals surface area contributed by atoms with Gasteiger partial charge in [0.05, 0.1) is 23.7 Å². The zero-order valence-electron chi connectivity index (χ0n) is 23.1. The van der Waals surface area contributed by atoms with Crippen LogP contribution in [-0.4, -0.2) is 75.0 Å². The lowest BCUT2D eigenvalue weighted by atomic mass is 10.2. The van der Waals surface area contributed by atoms with Crippen molar-refractivity contribution in [3.63, 3.8) is 0 Å². The fourth-order valence-electron chi connectivity index (χ4n) is 3.18. The molecular formula is C26H34N4O9S. The molecule has 0 atom stereocenters. The van der Waals surface area contributed by atoms with Gasteiger partial charge >= 0.3 is 12.1 Å². The Bertz CT molecular complexity index is 1310. The lowest BCUT2D eigenvalue weighted by Gasteiger charge is -2.18. The standard InChI is InChI=1S/C26H34N4O9S/c1-6-30(7-2)25(33)18-9-11-20(12-10-18)40(35,36)29-23(32)19-13-21(38-16-17(4)5)24(27-14-19)39-26(34)28-15-22(31)37-8-3/h9-14,17H,6-8,15-16H2,1-5H3,(H,28,34)(H,29,32). The fourth-order valence-corrected chi connectivity index (χ4v) is 4.16. The minimum Gasteiger partial charge on any atom is -0.488 e. The Kier molecular flexibility index (Phi) is 11.9. The molecule has 0 saturated carbocycles. The molecule has 0 unspecified atom stereocenters. The number of sulfonamides is 1. The summed E-state index contributed by atoms with van der Waals surface area (Å²) in [4.78, 5) is 54.1. The Morgan fingerprint density at radius 1 is 1.00 bits per heavy atom. The first-order valence-electron chi connectivity index (χ1n) is 12.6. The van der Waals surface area contributed by atoms with E-state index in [-0.39, 0.29) is 47.1 Å². The van der Waals surface area contributed by atoms with Gasteiger partial charge in [-0.2, -0.15) is 0 Å². The molecule has 0 spiro atoms. The largest absolute Gasteiger partial charge is 0.488 e. The van der Waals surface area contributed by atoms with Crippen LogP contribution in [0.5, 0.6) is 11.6 Å². The van der Waals surface area contributed by atoms with Crippen molar-refractivity contribution < 1.29 is 41.8 Å². The predicted molar refractivity (Wildman–Crippen MR) is 144 cm³/mol. The molecule has 3 amide bonds. The number of carbonyl (C=O) groups is 4. The SMILES string of the molecule is CCOC(=O)CNC(=O)Oc1ncc(C(=O)NS(=O)(=O)c2ccc(C(=O)N(CC)CC)cc2)cc1OCC(C)C. The highest BCUT2D eigenvalue weighted by molar-refractivity contribution is 7.90. The van der Waals surface area contributed by atoms with Crippen LogP contribution in [0.15, 0.2) is 41.4 Å². The maximum atomic E-state index is 12.8. The average molecular weight is 579 g/mol. The first-order chi connectivity index (χ1) is 18.9. The number of esters is 1. The second-order valence-corrected chi connectivity index (χ2v) is 10.4. The van der Waals surface area contributed by atoms with E-state index in [2.05, 4.69) is 10.3 Å². The van der Waals surface area contributed by atoms with Gasteiger partial charge < -0.3 is 24.4 Å². The Labute approximate surface area is 233 Å². The molecule has 1 aromatic carbocycles. The van der Waals surface area contributed by atoms with Crippen molar-refractivity contribution in [2.24, 2.45) is 5.92 Å². The third-order valence-electron chi connectivity index (χ3n) is 5.21. The van der Waals surface area contributed by atoms with Crippen LogP contribution < -0.4 is 19.5 Å². The van der Waals surface area contributed by atoms with Crippen LogP contribution >= 0.6 is 0 Å². The van der Waals surface area contributed by atoms with Crippen molar-refractivity contribution in [3.05, 3.63) is 47.7 Å². The minimum atomic E-state index is -4.30. The molecule has 0 aliphatic carbocycles. The van der Waals surface area contributed by atoms with Gasteiger partial charge in [0, 0.05) is 30.9 Å². The highest BCUT2D eigenvalue weighted by atomic mass is 32.2. The van der Waals surface area contributed by atoms with Crippen molar-refractivity contribution >= 4 is 33.9 Å². The van der Waals surface area contributed by atoms with Crippen LogP contribution in [-0.2, 0) is 19.6 Å². The maximum absolute atomic E-state index is 12.8. The summed E-state index contributed by atoms with van der Waals surface area (Å²) < 4.78 is 43.1. The van der Waals surface area contributed by atoms with Gasteiger partial charge in [-0.25, -0.2) is 22.9 Å². The Hall–Kier alpha value is -4.20. The molecule has 0 aliphatic heterocycles. The number of pyridine rings is 1. The van der Waals surface area contributed by atoms with Crippen molar-refractivity contribution in [1.82, 2.24) is 19.9 Å². The van der Waals surface area contributed by atoms with Gasteiger partial charge in [-0.1, -0.05) is 13.8 Å². The molecule has 218 valence electrons. The van der Waals surface area contributed by atoms with Crippen LogP contribution in [0.25, 0.3) is 0 Å². The molecule has 13 nitrogen and oxygen atoms in total. The van der Waals surface area contributed by atoms with Crippen LogP contribution in [0.3, 0.4) is 0 Å². The average Bonchev–Trinajstić information content (AvgIpc) is 2.91. The monoisotopic (exact) mass is 578 g/mol. The van der Waals surface area contributed by atoms with Crippen LogP contribution in [0.1, 0.15) is 55.3 Å². The van der Waals surface area contributed by atoms with E-state index >= 15 is 0 Å². The highest BCUT2D eigenvalue weighted by Gasteiger charge is 2.23. The van der Waals surface area contributed by atoms with E-state index in [4.69, 9.17) is 14.2 Å². The fraction of sp³-hybridized carbons (Fsp3) is 0.423. The van der Waals surface area contributed by atoms with Crippen molar-refractivity contribution in [1.29, 1.82) is 0 Å². The molecule has 1 heterocycles. The number of nitrogens with zero attached hydrogens (tertiary/aromatic N) is 2. The number of hydrogen-bond donors (Lipinski definition) is 2. The van der Waals surface area contributed by atoms with Gasteiger partial charge in [-0.05, 0) is 51.0 Å². The number of aromatic nitrogens is 1. The van der Waals surface area contributed by atoms with E-state index in [1.165, 1.54) is 30.3 Å². The second-order valence-electron chi connectivity index (χ2n) is 8.72. The number of amides is 3. The molecule has 0 fully saturated rings. The summed E-state index contributed by atoms with van der Waals surface area (Å²) in [6.07, 6.45) is -0.00922. The summed E-state index contributed by atoms with van der Waals surface area (Å²) in [5.41, 5.74) is 0.127. The number of carbonyl (C=O) groups excluding carboxylic acids is 4. The van der Waals surface area contributed by atoms with E-state index < -0.39 is 34.5 Å². The van der Waals surface area contributed by atoms with Gasteiger partial charge in [0.15, 0.2) is 5.75 Å². The number of hydrogen-bond acceptors (Lipinski definition) is 10. The zero-order valence-corrected chi connectivity index (χ0v) is 23.9.